The van der Waals surface area contributed by atoms with E-state index >= 15 is 0 Å². The molecule has 1 saturated carbocycles. The zero-order chi connectivity index (χ0) is 17.0. The third-order valence-electron chi connectivity index (χ3n) is 5.23. The van der Waals surface area contributed by atoms with Gasteiger partial charge in [0.1, 0.15) is 0 Å². The van der Waals surface area contributed by atoms with Crippen LogP contribution in [0.15, 0.2) is 28.8 Å². The molecule has 1 fully saturated rings. The van der Waals surface area contributed by atoms with Crippen LogP contribution in [-0.2, 0) is 12.8 Å². The van der Waals surface area contributed by atoms with Crippen LogP contribution in [-0.4, -0.2) is 16.0 Å². The highest BCUT2D eigenvalue weighted by molar-refractivity contribution is 6.12. The summed E-state index contributed by atoms with van der Waals surface area (Å²) < 4.78 is 5.33. The highest BCUT2D eigenvalue weighted by atomic mass is 16.5. The zero-order valence-electron chi connectivity index (χ0n) is 14.1. The van der Waals surface area contributed by atoms with E-state index in [1.807, 2.05) is 19.1 Å². The smallest absolute Gasteiger partial charge is 0.259 e. The second-order valence-corrected chi connectivity index (χ2v) is 7.11. The summed E-state index contributed by atoms with van der Waals surface area (Å²) in [5.41, 5.74) is 6.28. The van der Waals surface area contributed by atoms with Crippen molar-refractivity contribution in [3.63, 3.8) is 0 Å². The summed E-state index contributed by atoms with van der Waals surface area (Å²) in [5, 5.41) is 7.76. The van der Waals surface area contributed by atoms with Gasteiger partial charge < -0.3 is 9.84 Å². The molecule has 25 heavy (non-hydrogen) atoms. The molecule has 5 rings (SSSR count). The van der Waals surface area contributed by atoms with E-state index in [0.717, 1.165) is 37.1 Å². The number of carbonyl (C=O) groups is 1. The van der Waals surface area contributed by atoms with Crippen LogP contribution in [0.4, 0.5) is 5.69 Å². The Balaban J connectivity index is 1.53. The minimum Gasteiger partial charge on any atom is -0.336 e. The molecule has 0 atom stereocenters. The van der Waals surface area contributed by atoms with Crippen molar-refractivity contribution in [2.24, 2.45) is 0 Å². The number of carbonyl (C=O) groups excluding carboxylic acids is 1. The van der Waals surface area contributed by atoms with Crippen LogP contribution in [0.1, 0.15) is 58.1 Å². The number of nitrogens with one attached hydrogen (secondary N) is 1. The number of aromatic nitrogens is 2. The Morgan fingerprint density at radius 3 is 2.88 bits per heavy atom. The second-order valence-electron chi connectivity index (χ2n) is 7.11. The first-order chi connectivity index (χ1) is 12.2. The number of rotatable bonds is 3. The predicted molar refractivity (Wildman–Crippen MR) is 94.9 cm³/mol. The normalized spacial score (nSPS) is 16.2. The van der Waals surface area contributed by atoms with Gasteiger partial charge >= 0.3 is 0 Å². The Hall–Kier alpha value is -2.69. The van der Waals surface area contributed by atoms with Crippen molar-refractivity contribution >= 4 is 22.7 Å². The molecule has 0 radical (unpaired) electrons. The highest BCUT2D eigenvalue weighted by Gasteiger charge is 2.28. The monoisotopic (exact) mass is 333 g/mol. The summed E-state index contributed by atoms with van der Waals surface area (Å²) in [7, 11) is 0. The number of fused-ring (bicyclic) bond motifs is 2. The van der Waals surface area contributed by atoms with Crippen molar-refractivity contribution in [3.05, 3.63) is 52.3 Å². The van der Waals surface area contributed by atoms with Gasteiger partial charge in [0, 0.05) is 17.3 Å². The molecule has 3 aromatic rings. The number of amides is 1. The van der Waals surface area contributed by atoms with E-state index in [2.05, 4.69) is 27.6 Å². The van der Waals surface area contributed by atoms with Gasteiger partial charge in [0.25, 0.3) is 11.6 Å². The maximum atomic E-state index is 13.0. The molecule has 2 heterocycles. The SMILES string of the molecule is Cc1noc2nc(C3CC3)cc(C(=O)Nc3ccc4c(c3)CCC4)c12. The van der Waals surface area contributed by atoms with E-state index < -0.39 is 0 Å². The van der Waals surface area contributed by atoms with Crippen LogP contribution in [0.2, 0.25) is 0 Å². The second kappa shape index (κ2) is 5.41. The molecule has 1 aromatic carbocycles. The van der Waals surface area contributed by atoms with Gasteiger partial charge in [0.05, 0.1) is 16.6 Å². The predicted octanol–water partition coefficient (Wildman–Crippen LogP) is 4.15. The van der Waals surface area contributed by atoms with E-state index in [0.29, 0.717) is 28.3 Å². The molecule has 0 unspecified atom stereocenters. The van der Waals surface area contributed by atoms with Crippen LogP contribution < -0.4 is 5.32 Å². The Labute approximate surface area is 145 Å². The molecule has 1 amide bonds. The van der Waals surface area contributed by atoms with E-state index in [-0.39, 0.29) is 5.91 Å². The first-order valence-corrected chi connectivity index (χ1v) is 8.89. The van der Waals surface area contributed by atoms with E-state index in [1.165, 1.54) is 17.5 Å². The molecule has 0 bridgehead atoms. The Kier molecular flexibility index (Phi) is 3.17. The lowest BCUT2D eigenvalue weighted by Gasteiger charge is -2.09. The van der Waals surface area contributed by atoms with Gasteiger partial charge in [0.15, 0.2) is 0 Å². The molecule has 1 N–H and O–H groups in total. The first kappa shape index (κ1) is 14.6. The van der Waals surface area contributed by atoms with Crippen molar-refractivity contribution in [3.8, 4) is 0 Å². The van der Waals surface area contributed by atoms with Gasteiger partial charge in [-0.2, -0.15) is 0 Å². The molecular weight excluding hydrogens is 314 g/mol. The summed E-state index contributed by atoms with van der Waals surface area (Å²) in [6, 6.07) is 8.12. The molecule has 5 nitrogen and oxygen atoms in total. The van der Waals surface area contributed by atoms with Crippen molar-refractivity contribution in [1.82, 2.24) is 10.1 Å². The van der Waals surface area contributed by atoms with Crippen molar-refractivity contribution < 1.29 is 9.32 Å². The van der Waals surface area contributed by atoms with Crippen molar-refractivity contribution in [2.45, 2.75) is 44.9 Å². The lowest BCUT2D eigenvalue weighted by atomic mass is 10.1. The van der Waals surface area contributed by atoms with Gasteiger partial charge in [0.2, 0.25) is 0 Å². The summed E-state index contributed by atoms with van der Waals surface area (Å²) in [5.74, 6) is 0.319. The Bertz CT molecular complexity index is 1000. The number of aryl methyl sites for hydroxylation is 3. The number of pyridine rings is 1. The van der Waals surface area contributed by atoms with Crippen LogP contribution in [0, 0.1) is 6.92 Å². The van der Waals surface area contributed by atoms with Crippen LogP contribution >= 0.6 is 0 Å². The van der Waals surface area contributed by atoms with Gasteiger partial charge in [-0.15, -0.1) is 0 Å². The maximum Gasteiger partial charge on any atom is 0.259 e. The van der Waals surface area contributed by atoms with Crippen molar-refractivity contribution in [1.29, 1.82) is 0 Å². The topological polar surface area (TPSA) is 68.0 Å². The number of hydrogen-bond donors (Lipinski definition) is 1. The van der Waals surface area contributed by atoms with Crippen LogP contribution in [0.25, 0.3) is 11.1 Å². The molecule has 0 aliphatic heterocycles. The number of benzene rings is 1. The average molecular weight is 333 g/mol. The molecule has 0 spiro atoms. The third kappa shape index (κ3) is 2.51. The molecule has 5 heteroatoms. The highest BCUT2D eigenvalue weighted by Crippen LogP contribution is 2.40. The lowest BCUT2D eigenvalue weighted by molar-refractivity contribution is 0.102. The minimum atomic E-state index is -0.126. The van der Waals surface area contributed by atoms with Crippen LogP contribution in [0.5, 0.6) is 0 Å². The average Bonchev–Trinajstić information content (AvgIpc) is 3.25. The van der Waals surface area contributed by atoms with E-state index in [4.69, 9.17) is 4.52 Å². The largest absolute Gasteiger partial charge is 0.336 e. The number of anilines is 1. The first-order valence-electron chi connectivity index (χ1n) is 8.89. The summed E-state index contributed by atoms with van der Waals surface area (Å²) in [4.78, 5) is 17.5. The van der Waals surface area contributed by atoms with E-state index in [1.54, 1.807) is 0 Å². The Morgan fingerprint density at radius 1 is 1.20 bits per heavy atom. The molecular formula is C20H19N3O2. The number of nitrogens with zero attached hydrogens (tertiary/aromatic N) is 2. The third-order valence-corrected chi connectivity index (χ3v) is 5.23. The lowest BCUT2D eigenvalue weighted by Crippen LogP contribution is -2.13. The zero-order valence-corrected chi connectivity index (χ0v) is 14.1. The molecule has 2 aliphatic rings. The molecule has 2 aliphatic carbocycles. The maximum absolute atomic E-state index is 13.0. The standard InChI is InChI=1S/C20H19N3O2/c1-11-18-16(10-17(13-5-6-13)22-20(18)25-23-11)19(24)21-15-8-7-12-3-2-4-14(12)9-15/h7-10,13H,2-6H2,1H3,(H,21,24). The summed E-state index contributed by atoms with van der Waals surface area (Å²) >= 11 is 0. The fourth-order valence-electron chi connectivity index (χ4n) is 3.73. The molecule has 0 saturated heterocycles. The quantitative estimate of drug-likeness (QED) is 0.782. The van der Waals surface area contributed by atoms with Gasteiger partial charge in [-0.05, 0) is 68.4 Å². The summed E-state index contributed by atoms with van der Waals surface area (Å²) in [6.45, 7) is 1.84. The summed E-state index contributed by atoms with van der Waals surface area (Å²) in [6.07, 6.45) is 5.67. The Morgan fingerprint density at radius 2 is 2.04 bits per heavy atom. The number of hydrogen-bond acceptors (Lipinski definition) is 4. The van der Waals surface area contributed by atoms with E-state index in [9.17, 15) is 4.79 Å². The van der Waals surface area contributed by atoms with Gasteiger partial charge in [-0.1, -0.05) is 11.2 Å². The van der Waals surface area contributed by atoms with Crippen LogP contribution in [0.3, 0.4) is 0 Å². The molecule has 126 valence electrons. The fourth-order valence-corrected chi connectivity index (χ4v) is 3.73. The van der Waals surface area contributed by atoms with Gasteiger partial charge in [-0.3, -0.25) is 4.79 Å². The van der Waals surface area contributed by atoms with Crippen molar-refractivity contribution in [2.75, 3.05) is 5.32 Å². The van der Waals surface area contributed by atoms with Gasteiger partial charge in [-0.25, -0.2) is 4.98 Å². The molecule has 2 aromatic heterocycles. The minimum absolute atomic E-state index is 0.126. The fraction of sp³-hybridized carbons (Fsp3) is 0.350.